The number of guanidine groups is 1. The van der Waals surface area contributed by atoms with Gasteiger partial charge in [-0.15, -0.1) is 0 Å². The molecule has 0 amide bonds. The average Bonchev–Trinajstić information content (AvgIpc) is 3.33. The maximum atomic E-state index is 4.53. The summed E-state index contributed by atoms with van der Waals surface area (Å²) < 4.78 is 2.09. The predicted molar refractivity (Wildman–Crippen MR) is 105 cm³/mol. The van der Waals surface area contributed by atoms with E-state index in [2.05, 4.69) is 49.0 Å². The molecule has 0 bridgehead atoms. The molecular weight excluding hydrogens is 322 g/mol. The molecule has 0 spiro atoms. The van der Waals surface area contributed by atoms with Crippen LogP contribution in [0.3, 0.4) is 0 Å². The fraction of sp³-hybridized carbons (Fsp3) is 0.524. The van der Waals surface area contributed by atoms with Crippen LogP contribution in [0.4, 0.5) is 0 Å². The summed E-state index contributed by atoms with van der Waals surface area (Å²) in [6.45, 7) is 4.04. The maximum Gasteiger partial charge on any atom is 0.193 e. The first-order chi connectivity index (χ1) is 12.8. The molecule has 2 aliphatic rings. The Labute approximate surface area is 156 Å². The average molecular weight is 351 g/mol. The molecule has 26 heavy (non-hydrogen) atoms. The van der Waals surface area contributed by atoms with Gasteiger partial charge in [0.25, 0.3) is 0 Å². The van der Waals surface area contributed by atoms with Gasteiger partial charge in [-0.05, 0) is 35.8 Å². The van der Waals surface area contributed by atoms with Crippen LogP contribution in [0.1, 0.15) is 36.8 Å². The first-order valence-electron chi connectivity index (χ1n) is 9.81. The number of hydrogen-bond donors (Lipinski definition) is 1. The van der Waals surface area contributed by atoms with Gasteiger partial charge in [0.1, 0.15) is 0 Å². The van der Waals surface area contributed by atoms with Crippen molar-refractivity contribution < 1.29 is 0 Å². The quantitative estimate of drug-likeness (QED) is 0.680. The monoisotopic (exact) mass is 351 g/mol. The lowest BCUT2D eigenvalue weighted by atomic mass is 9.82. The van der Waals surface area contributed by atoms with Crippen LogP contribution in [0, 0.1) is 11.8 Å². The van der Waals surface area contributed by atoms with E-state index in [9.17, 15) is 0 Å². The van der Waals surface area contributed by atoms with Gasteiger partial charge >= 0.3 is 0 Å². The molecule has 5 heteroatoms. The summed E-state index contributed by atoms with van der Waals surface area (Å²) in [5.74, 6) is 2.82. The Balaban J connectivity index is 1.31. The molecule has 4 rings (SSSR count). The highest BCUT2D eigenvalue weighted by Crippen LogP contribution is 2.35. The van der Waals surface area contributed by atoms with Gasteiger partial charge in [-0.1, -0.05) is 37.1 Å². The van der Waals surface area contributed by atoms with Crippen LogP contribution in [0.5, 0.6) is 0 Å². The van der Waals surface area contributed by atoms with Gasteiger partial charge in [0.2, 0.25) is 0 Å². The molecule has 1 aliphatic carbocycles. The third-order valence-electron chi connectivity index (χ3n) is 5.89. The summed E-state index contributed by atoms with van der Waals surface area (Å²) in [6, 6.07) is 8.81. The van der Waals surface area contributed by atoms with Crippen LogP contribution in [0.25, 0.3) is 0 Å². The number of hydrogen-bond acceptors (Lipinski definition) is 2. The molecule has 1 saturated carbocycles. The molecular formula is C21H29N5. The molecule has 2 heterocycles. The lowest BCUT2D eigenvalue weighted by Gasteiger charge is -2.22. The summed E-state index contributed by atoms with van der Waals surface area (Å²) in [5, 5.41) is 3.56. The van der Waals surface area contributed by atoms with Gasteiger partial charge in [0, 0.05) is 45.6 Å². The van der Waals surface area contributed by atoms with Crippen LogP contribution in [-0.4, -0.2) is 40.5 Å². The zero-order chi connectivity index (χ0) is 17.8. The second kappa shape index (κ2) is 7.94. The molecule has 1 aromatic heterocycles. The van der Waals surface area contributed by atoms with Crippen LogP contribution in [0.15, 0.2) is 48.0 Å². The van der Waals surface area contributed by atoms with Gasteiger partial charge in [-0.3, -0.25) is 4.99 Å². The summed E-state index contributed by atoms with van der Waals surface area (Å²) in [7, 11) is 1.90. The van der Waals surface area contributed by atoms with E-state index in [4.69, 9.17) is 0 Å². The van der Waals surface area contributed by atoms with E-state index in [-0.39, 0.29) is 0 Å². The molecule has 2 unspecified atom stereocenters. The summed E-state index contributed by atoms with van der Waals surface area (Å²) >= 11 is 0. The zero-order valence-electron chi connectivity index (χ0n) is 15.6. The highest BCUT2D eigenvalue weighted by atomic mass is 15.3. The normalized spacial score (nSPS) is 23.1. The predicted octanol–water partition coefficient (Wildman–Crippen LogP) is 3.13. The van der Waals surface area contributed by atoms with E-state index in [1.807, 2.05) is 25.8 Å². The molecule has 1 N–H and O–H groups in total. The summed E-state index contributed by atoms with van der Waals surface area (Å²) in [4.78, 5) is 11.1. The number of imidazole rings is 1. The largest absolute Gasteiger partial charge is 0.352 e. The number of rotatable bonds is 4. The minimum absolute atomic E-state index is 0.823. The first kappa shape index (κ1) is 17.1. The molecule has 1 aliphatic heterocycles. The molecule has 2 fully saturated rings. The van der Waals surface area contributed by atoms with Crippen LogP contribution >= 0.6 is 0 Å². The third kappa shape index (κ3) is 3.92. The lowest BCUT2D eigenvalue weighted by Crippen LogP contribution is -2.39. The Morgan fingerprint density at radius 2 is 1.81 bits per heavy atom. The number of nitrogens with zero attached hydrogens (tertiary/aromatic N) is 4. The van der Waals surface area contributed by atoms with E-state index in [1.54, 1.807) is 0 Å². The number of fused-ring (bicyclic) bond motifs is 1. The molecule has 2 aromatic rings. The highest BCUT2D eigenvalue weighted by molar-refractivity contribution is 5.80. The second-order valence-corrected chi connectivity index (χ2v) is 7.66. The molecule has 0 radical (unpaired) electrons. The Morgan fingerprint density at radius 1 is 1.12 bits per heavy atom. The minimum Gasteiger partial charge on any atom is -0.352 e. The Bertz CT molecular complexity index is 705. The maximum absolute atomic E-state index is 4.53. The standard InChI is InChI=1S/C21H29N5/c1-22-21(26-14-19-4-2-3-5-20(19)15-26)24-12-17-6-8-18(9-7-17)13-25-11-10-23-16-25/h6-11,16,19-20H,2-5,12-15H2,1H3,(H,22,24). The van der Waals surface area contributed by atoms with Crippen molar-refractivity contribution in [1.29, 1.82) is 0 Å². The molecule has 5 nitrogen and oxygen atoms in total. The SMILES string of the molecule is CN=C(NCc1ccc(Cn2ccnc2)cc1)N1CC2CCCCC2C1. The number of aromatic nitrogens is 2. The van der Waals surface area contributed by atoms with Crippen molar-refractivity contribution in [3.8, 4) is 0 Å². The smallest absolute Gasteiger partial charge is 0.193 e. The van der Waals surface area contributed by atoms with Crippen molar-refractivity contribution in [2.24, 2.45) is 16.8 Å². The zero-order valence-corrected chi connectivity index (χ0v) is 15.6. The number of aliphatic imine (C=N–C) groups is 1. The van der Waals surface area contributed by atoms with Gasteiger partial charge in [0.05, 0.1) is 6.33 Å². The lowest BCUT2D eigenvalue weighted by molar-refractivity contribution is 0.299. The number of benzene rings is 1. The molecule has 138 valence electrons. The van der Waals surface area contributed by atoms with E-state index < -0.39 is 0 Å². The topological polar surface area (TPSA) is 45.5 Å². The third-order valence-corrected chi connectivity index (χ3v) is 5.89. The fourth-order valence-electron chi connectivity index (χ4n) is 4.45. The molecule has 2 atom stereocenters. The van der Waals surface area contributed by atoms with Gasteiger partial charge in [-0.2, -0.15) is 0 Å². The Hall–Kier alpha value is -2.30. The number of nitrogens with one attached hydrogen (secondary N) is 1. The van der Waals surface area contributed by atoms with Gasteiger partial charge in [-0.25, -0.2) is 4.98 Å². The van der Waals surface area contributed by atoms with E-state index >= 15 is 0 Å². The Kier molecular flexibility index (Phi) is 5.23. The Morgan fingerprint density at radius 3 is 2.42 bits per heavy atom. The van der Waals surface area contributed by atoms with Crippen molar-refractivity contribution >= 4 is 5.96 Å². The second-order valence-electron chi connectivity index (χ2n) is 7.66. The number of likely N-dealkylation sites (tertiary alicyclic amines) is 1. The van der Waals surface area contributed by atoms with Crippen LogP contribution in [-0.2, 0) is 13.1 Å². The molecule has 1 saturated heterocycles. The van der Waals surface area contributed by atoms with Crippen LogP contribution in [0.2, 0.25) is 0 Å². The van der Waals surface area contributed by atoms with Crippen molar-refractivity contribution in [3.63, 3.8) is 0 Å². The molecule has 1 aromatic carbocycles. The summed E-state index contributed by atoms with van der Waals surface area (Å²) in [6.07, 6.45) is 11.3. The first-order valence-corrected chi connectivity index (χ1v) is 9.81. The van der Waals surface area contributed by atoms with Crippen LogP contribution < -0.4 is 5.32 Å². The van der Waals surface area contributed by atoms with E-state index in [0.717, 1.165) is 30.9 Å². The van der Waals surface area contributed by atoms with E-state index in [0.29, 0.717) is 0 Å². The van der Waals surface area contributed by atoms with Gasteiger partial charge < -0.3 is 14.8 Å². The van der Waals surface area contributed by atoms with E-state index in [1.165, 1.54) is 49.9 Å². The highest BCUT2D eigenvalue weighted by Gasteiger charge is 2.35. The summed E-state index contributed by atoms with van der Waals surface area (Å²) in [5.41, 5.74) is 2.58. The van der Waals surface area contributed by atoms with Gasteiger partial charge in [0.15, 0.2) is 5.96 Å². The fourth-order valence-corrected chi connectivity index (χ4v) is 4.45. The van der Waals surface area contributed by atoms with Crippen molar-refractivity contribution in [2.75, 3.05) is 20.1 Å². The van der Waals surface area contributed by atoms with Crippen molar-refractivity contribution in [2.45, 2.75) is 38.8 Å². The minimum atomic E-state index is 0.823. The van der Waals surface area contributed by atoms with Crippen molar-refractivity contribution in [3.05, 3.63) is 54.1 Å². The van der Waals surface area contributed by atoms with Crippen molar-refractivity contribution in [1.82, 2.24) is 19.8 Å².